The largest absolute Gasteiger partial charge is 0.439 e. The third kappa shape index (κ3) is 4.37. The Morgan fingerprint density at radius 3 is 2.88 bits per heavy atom. The molecule has 25 heavy (non-hydrogen) atoms. The molecule has 1 aliphatic carbocycles. The second kappa shape index (κ2) is 8.12. The number of amides is 1. The van der Waals surface area contributed by atoms with E-state index in [9.17, 15) is 4.79 Å². The lowest BCUT2D eigenvalue weighted by Crippen LogP contribution is -2.30. The molecule has 0 aliphatic heterocycles. The number of aromatic nitrogens is 1. The molecule has 1 aromatic heterocycles. The zero-order valence-electron chi connectivity index (χ0n) is 14.6. The maximum absolute atomic E-state index is 11.1. The number of nitrogens with zero attached hydrogens (tertiary/aromatic N) is 1. The third-order valence-electron chi connectivity index (χ3n) is 4.60. The number of carbonyl (C=O) groups excluding carboxylic acids is 1. The molecule has 1 heterocycles. The van der Waals surface area contributed by atoms with Gasteiger partial charge in [-0.2, -0.15) is 0 Å². The third-order valence-corrected chi connectivity index (χ3v) is 4.60. The fourth-order valence-corrected chi connectivity index (χ4v) is 3.24. The number of rotatable bonds is 8. The van der Waals surface area contributed by atoms with Crippen LogP contribution in [0, 0.1) is 0 Å². The summed E-state index contributed by atoms with van der Waals surface area (Å²) in [5, 5.41) is 3.65. The lowest BCUT2D eigenvalue weighted by Gasteiger charge is -2.12. The summed E-state index contributed by atoms with van der Waals surface area (Å²) < 4.78 is 5.96. The Balaban J connectivity index is 1.65. The van der Waals surface area contributed by atoms with E-state index in [1.54, 1.807) is 12.1 Å². The molecule has 1 unspecified atom stereocenters. The van der Waals surface area contributed by atoms with Gasteiger partial charge in [-0.3, -0.25) is 4.79 Å². The van der Waals surface area contributed by atoms with Crippen molar-refractivity contribution in [3.05, 3.63) is 53.2 Å². The number of ether oxygens (including phenoxy) is 1. The maximum atomic E-state index is 11.1. The van der Waals surface area contributed by atoms with E-state index in [1.165, 1.54) is 36.6 Å². The average Bonchev–Trinajstić information content (AvgIpc) is 3.03. The van der Waals surface area contributed by atoms with Gasteiger partial charge in [-0.25, -0.2) is 4.98 Å². The summed E-state index contributed by atoms with van der Waals surface area (Å²) in [4.78, 5) is 15.3. The minimum Gasteiger partial charge on any atom is -0.439 e. The Bertz CT molecular complexity index is 728. The van der Waals surface area contributed by atoms with Gasteiger partial charge in [0.05, 0.1) is 5.56 Å². The van der Waals surface area contributed by atoms with E-state index in [4.69, 9.17) is 10.5 Å². The number of primary amides is 1. The first-order chi connectivity index (χ1) is 12.2. The molecule has 1 amide bonds. The van der Waals surface area contributed by atoms with E-state index >= 15 is 0 Å². The van der Waals surface area contributed by atoms with Crippen LogP contribution in [0.1, 0.15) is 47.7 Å². The van der Waals surface area contributed by atoms with Crippen molar-refractivity contribution in [3.8, 4) is 11.6 Å². The minimum atomic E-state index is -0.489. The molecule has 0 saturated carbocycles. The van der Waals surface area contributed by atoms with Crippen LogP contribution < -0.4 is 15.8 Å². The normalized spacial score (nSPS) is 15.8. The van der Waals surface area contributed by atoms with Crippen LogP contribution in [0.4, 0.5) is 0 Å². The van der Waals surface area contributed by atoms with Gasteiger partial charge in [0, 0.05) is 18.3 Å². The second-order valence-electron chi connectivity index (χ2n) is 6.51. The van der Waals surface area contributed by atoms with Crippen molar-refractivity contribution < 1.29 is 9.53 Å². The van der Waals surface area contributed by atoms with Crippen molar-refractivity contribution in [3.63, 3.8) is 0 Å². The number of hydrogen-bond donors (Lipinski definition) is 2. The van der Waals surface area contributed by atoms with Crippen LogP contribution in [0.25, 0.3) is 0 Å². The van der Waals surface area contributed by atoms with E-state index in [0.29, 0.717) is 17.5 Å². The summed E-state index contributed by atoms with van der Waals surface area (Å²) in [5.74, 6) is 0.823. The Morgan fingerprint density at radius 2 is 2.16 bits per heavy atom. The molecule has 5 nitrogen and oxygen atoms in total. The smallest absolute Gasteiger partial charge is 0.250 e. The fourth-order valence-electron chi connectivity index (χ4n) is 3.24. The van der Waals surface area contributed by atoms with E-state index in [-0.39, 0.29) is 0 Å². The standard InChI is InChI=1S/C20H25N3O2/c1-2-3-4-10-22-16-11-14-6-5-7-18(17(14)12-16)25-19-9-8-15(13-23-19)20(21)24/h5-9,13,16,22H,2-4,10-12H2,1H3,(H2,21,24). The van der Waals surface area contributed by atoms with Gasteiger partial charge in [-0.05, 0) is 49.1 Å². The molecule has 2 aromatic rings. The van der Waals surface area contributed by atoms with Crippen molar-refractivity contribution >= 4 is 5.91 Å². The first-order valence-corrected chi connectivity index (χ1v) is 8.95. The molecule has 132 valence electrons. The zero-order valence-corrected chi connectivity index (χ0v) is 14.6. The SMILES string of the molecule is CCCCCNC1Cc2cccc(Oc3ccc(C(N)=O)cn3)c2C1. The number of hydrogen-bond acceptors (Lipinski definition) is 4. The number of unbranched alkanes of at least 4 members (excludes halogenated alkanes) is 2. The van der Waals surface area contributed by atoms with E-state index < -0.39 is 5.91 Å². The molecule has 0 bridgehead atoms. The van der Waals surface area contributed by atoms with Crippen LogP contribution >= 0.6 is 0 Å². The van der Waals surface area contributed by atoms with Gasteiger partial charge < -0.3 is 15.8 Å². The number of fused-ring (bicyclic) bond motifs is 1. The van der Waals surface area contributed by atoms with Gasteiger partial charge in [-0.1, -0.05) is 31.9 Å². The van der Waals surface area contributed by atoms with Crippen molar-refractivity contribution in [2.75, 3.05) is 6.54 Å². The van der Waals surface area contributed by atoms with Gasteiger partial charge in [0.15, 0.2) is 0 Å². The van der Waals surface area contributed by atoms with Crippen LogP contribution in [0.3, 0.4) is 0 Å². The van der Waals surface area contributed by atoms with Crippen molar-refractivity contribution in [2.24, 2.45) is 5.73 Å². The molecular formula is C20H25N3O2. The molecule has 1 atom stereocenters. The summed E-state index contributed by atoms with van der Waals surface area (Å²) in [7, 11) is 0. The van der Waals surface area contributed by atoms with Gasteiger partial charge in [0.1, 0.15) is 5.75 Å². The molecule has 0 spiro atoms. The van der Waals surface area contributed by atoms with Gasteiger partial charge in [-0.15, -0.1) is 0 Å². The topological polar surface area (TPSA) is 77.2 Å². The zero-order chi connectivity index (χ0) is 17.6. The van der Waals surface area contributed by atoms with Gasteiger partial charge in [0.2, 0.25) is 11.8 Å². The quantitative estimate of drug-likeness (QED) is 0.724. The molecule has 0 radical (unpaired) electrons. The van der Waals surface area contributed by atoms with Crippen LogP contribution in [0.5, 0.6) is 11.6 Å². The molecule has 0 fully saturated rings. The summed E-state index contributed by atoms with van der Waals surface area (Å²) in [5.41, 5.74) is 8.19. The Labute approximate surface area is 148 Å². The van der Waals surface area contributed by atoms with E-state index in [0.717, 1.165) is 25.1 Å². The fraction of sp³-hybridized carbons (Fsp3) is 0.400. The molecule has 3 N–H and O–H groups in total. The van der Waals surface area contributed by atoms with Crippen molar-refractivity contribution in [2.45, 2.75) is 45.1 Å². The molecule has 1 aliphatic rings. The van der Waals surface area contributed by atoms with Crippen molar-refractivity contribution in [1.29, 1.82) is 0 Å². The number of benzene rings is 1. The summed E-state index contributed by atoms with van der Waals surface area (Å²) in [6.07, 6.45) is 7.19. The average molecular weight is 339 g/mol. The summed E-state index contributed by atoms with van der Waals surface area (Å²) in [6.45, 7) is 3.29. The monoisotopic (exact) mass is 339 g/mol. The highest BCUT2D eigenvalue weighted by atomic mass is 16.5. The maximum Gasteiger partial charge on any atom is 0.250 e. The molecule has 3 rings (SSSR count). The Morgan fingerprint density at radius 1 is 1.28 bits per heavy atom. The van der Waals surface area contributed by atoms with Gasteiger partial charge in [0.25, 0.3) is 0 Å². The highest BCUT2D eigenvalue weighted by Gasteiger charge is 2.24. The van der Waals surface area contributed by atoms with Crippen LogP contribution in [-0.4, -0.2) is 23.5 Å². The predicted octanol–water partition coefficient (Wildman–Crippen LogP) is 3.22. The van der Waals surface area contributed by atoms with E-state index in [2.05, 4.69) is 23.3 Å². The predicted molar refractivity (Wildman–Crippen MR) is 98.0 cm³/mol. The summed E-state index contributed by atoms with van der Waals surface area (Å²) >= 11 is 0. The second-order valence-corrected chi connectivity index (χ2v) is 6.51. The van der Waals surface area contributed by atoms with E-state index in [1.807, 2.05) is 12.1 Å². The van der Waals surface area contributed by atoms with Gasteiger partial charge >= 0.3 is 0 Å². The first-order valence-electron chi connectivity index (χ1n) is 8.95. The first kappa shape index (κ1) is 17.4. The van der Waals surface area contributed by atoms with Crippen LogP contribution in [0.15, 0.2) is 36.5 Å². The molecule has 1 aromatic carbocycles. The number of carbonyl (C=O) groups is 1. The number of nitrogens with one attached hydrogen (secondary N) is 1. The minimum absolute atomic E-state index is 0.377. The van der Waals surface area contributed by atoms with Crippen LogP contribution in [-0.2, 0) is 12.8 Å². The van der Waals surface area contributed by atoms with Crippen LogP contribution in [0.2, 0.25) is 0 Å². The number of pyridine rings is 1. The Hall–Kier alpha value is -2.40. The number of nitrogens with two attached hydrogens (primary N) is 1. The van der Waals surface area contributed by atoms with Crippen molar-refractivity contribution in [1.82, 2.24) is 10.3 Å². The molecular weight excluding hydrogens is 314 g/mol. The highest BCUT2D eigenvalue weighted by Crippen LogP contribution is 2.33. The molecule has 5 heteroatoms. The lowest BCUT2D eigenvalue weighted by atomic mass is 10.1. The Kier molecular flexibility index (Phi) is 5.66. The molecule has 0 saturated heterocycles. The lowest BCUT2D eigenvalue weighted by molar-refractivity contribution is 0.1000. The highest BCUT2D eigenvalue weighted by molar-refractivity contribution is 5.92. The summed E-state index contributed by atoms with van der Waals surface area (Å²) in [6, 6.07) is 9.94.